The molecule has 1 amide bonds. The lowest BCUT2D eigenvalue weighted by atomic mass is 9.60. The lowest BCUT2D eigenvalue weighted by molar-refractivity contribution is -0.584. The normalized spacial score (nSPS) is 37.9. The minimum absolute atomic E-state index is 0.0437. The van der Waals surface area contributed by atoms with Crippen LogP contribution in [0.5, 0.6) is 5.75 Å². The van der Waals surface area contributed by atoms with Crippen LogP contribution in [0.3, 0.4) is 0 Å². The van der Waals surface area contributed by atoms with Gasteiger partial charge in [0.05, 0.1) is 17.6 Å². The van der Waals surface area contributed by atoms with E-state index < -0.39 is 22.0 Å². The first kappa shape index (κ1) is 20.2. The van der Waals surface area contributed by atoms with E-state index in [0.29, 0.717) is 12.6 Å². The van der Waals surface area contributed by atoms with E-state index in [1.807, 2.05) is 38.1 Å². The second-order valence-electron chi connectivity index (χ2n) is 11.6. The van der Waals surface area contributed by atoms with Crippen molar-refractivity contribution in [2.24, 2.45) is 11.3 Å². The fraction of sp³-hybridized carbons (Fsp3) is 0.640. The highest BCUT2D eigenvalue weighted by molar-refractivity contribution is 6.09. The molecular formula is C25H31N3O4. The van der Waals surface area contributed by atoms with Crippen LogP contribution in [0.2, 0.25) is 0 Å². The van der Waals surface area contributed by atoms with E-state index in [1.54, 1.807) is 0 Å². The average molecular weight is 438 g/mol. The van der Waals surface area contributed by atoms with Crippen LogP contribution in [-0.4, -0.2) is 46.0 Å². The van der Waals surface area contributed by atoms with Crippen molar-refractivity contribution in [3.05, 3.63) is 39.4 Å². The molecule has 1 aliphatic carbocycles. The number of anilines is 1. The fourth-order valence-electron chi connectivity index (χ4n) is 7.81. The van der Waals surface area contributed by atoms with Gasteiger partial charge < -0.3 is 10.1 Å². The van der Waals surface area contributed by atoms with Crippen molar-refractivity contribution in [2.45, 2.75) is 76.0 Å². The summed E-state index contributed by atoms with van der Waals surface area (Å²) in [4.78, 5) is 28.8. The molecule has 1 N–H and O–H groups in total. The SMILES string of the molecule is CC1(C)C=Cc2c(ccc3c2NC(=O)[C@]32C[C@@]3([N+](=O)[O-])CN4CCC[C@H]4C[C@@H]3C2(C)C)O1. The number of benzene rings is 1. The van der Waals surface area contributed by atoms with E-state index in [2.05, 4.69) is 24.1 Å². The van der Waals surface area contributed by atoms with Gasteiger partial charge in [0, 0.05) is 28.9 Å². The summed E-state index contributed by atoms with van der Waals surface area (Å²) < 4.78 is 6.13. The number of nitrogens with one attached hydrogen (secondary N) is 1. The maximum absolute atomic E-state index is 13.8. The molecule has 0 radical (unpaired) electrons. The highest BCUT2D eigenvalue weighted by atomic mass is 16.6. The van der Waals surface area contributed by atoms with Gasteiger partial charge in [-0.3, -0.25) is 19.8 Å². The Morgan fingerprint density at radius 2 is 2.03 bits per heavy atom. The number of piperidine rings is 1. The van der Waals surface area contributed by atoms with Crippen LogP contribution >= 0.6 is 0 Å². The molecule has 1 spiro atoms. The van der Waals surface area contributed by atoms with E-state index >= 15 is 0 Å². The first-order valence-electron chi connectivity index (χ1n) is 11.8. The molecule has 4 aliphatic heterocycles. The van der Waals surface area contributed by atoms with Crippen molar-refractivity contribution < 1.29 is 14.5 Å². The fourth-order valence-corrected chi connectivity index (χ4v) is 7.81. The molecule has 4 atom stereocenters. The molecule has 32 heavy (non-hydrogen) atoms. The average Bonchev–Trinajstić information content (AvgIpc) is 3.33. The zero-order valence-electron chi connectivity index (χ0n) is 19.2. The highest BCUT2D eigenvalue weighted by Crippen LogP contribution is 2.68. The quantitative estimate of drug-likeness (QED) is 0.530. The van der Waals surface area contributed by atoms with Crippen LogP contribution in [-0.2, 0) is 10.2 Å². The number of fused-ring (bicyclic) bond motifs is 6. The predicted molar refractivity (Wildman–Crippen MR) is 121 cm³/mol. The van der Waals surface area contributed by atoms with Crippen molar-refractivity contribution in [3.63, 3.8) is 0 Å². The van der Waals surface area contributed by atoms with Crippen LogP contribution < -0.4 is 10.1 Å². The largest absolute Gasteiger partial charge is 0.483 e. The standard InChI is InChI=1S/C25H31N3O4/c1-22(2)10-9-16-18(32-22)8-7-17-20(16)26-21(29)25(17)13-24(28(30)31)14-27-11-5-6-15(27)12-19(24)23(25,3)4/h7-10,15,19H,5-6,11-14H2,1-4H3,(H,26,29)/t15-,19+,24+,25-/m0/s1. The van der Waals surface area contributed by atoms with Gasteiger partial charge in [0.1, 0.15) is 11.4 Å². The van der Waals surface area contributed by atoms with Crippen molar-refractivity contribution >= 4 is 17.7 Å². The Bertz CT molecular complexity index is 1090. The van der Waals surface area contributed by atoms with Gasteiger partial charge in [-0.1, -0.05) is 19.9 Å². The molecular weight excluding hydrogens is 406 g/mol. The first-order chi connectivity index (χ1) is 15.0. The number of ether oxygens (including phenoxy) is 1. The zero-order chi connectivity index (χ0) is 22.7. The van der Waals surface area contributed by atoms with Gasteiger partial charge in [-0.25, -0.2) is 0 Å². The van der Waals surface area contributed by atoms with E-state index in [-0.39, 0.29) is 23.2 Å². The summed E-state index contributed by atoms with van der Waals surface area (Å²) in [6.07, 6.45) is 7.27. The molecule has 3 fully saturated rings. The molecule has 1 aromatic rings. The molecule has 4 heterocycles. The number of carbonyl (C=O) groups excluding carboxylic acids is 1. The van der Waals surface area contributed by atoms with Gasteiger partial charge in [0.2, 0.25) is 11.4 Å². The molecule has 7 heteroatoms. The Kier molecular flexibility index (Phi) is 3.74. The lowest BCUT2D eigenvalue weighted by Gasteiger charge is -2.45. The van der Waals surface area contributed by atoms with Gasteiger partial charge in [-0.15, -0.1) is 0 Å². The van der Waals surface area contributed by atoms with Gasteiger partial charge >= 0.3 is 0 Å². The predicted octanol–water partition coefficient (Wildman–Crippen LogP) is 3.99. The number of carbonyl (C=O) groups is 1. The van der Waals surface area contributed by atoms with E-state index in [4.69, 9.17) is 4.74 Å². The minimum atomic E-state index is -1.10. The molecule has 5 aliphatic rings. The molecule has 0 aromatic heterocycles. The lowest BCUT2D eigenvalue weighted by Crippen LogP contribution is -2.59. The Morgan fingerprint density at radius 3 is 2.78 bits per heavy atom. The molecule has 2 saturated heterocycles. The van der Waals surface area contributed by atoms with E-state index in [1.165, 1.54) is 0 Å². The number of rotatable bonds is 1. The highest BCUT2D eigenvalue weighted by Gasteiger charge is 2.77. The number of nitro groups is 1. The molecule has 7 nitrogen and oxygen atoms in total. The Hall–Kier alpha value is -2.41. The van der Waals surface area contributed by atoms with Crippen LogP contribution in [0.1, 0.15) is 64.5 Å². The van der Waals surface area contributed by atoms with Crippen molar-refractivity contribution in [3.8, 4) is 5.75 Å². The molecule has 0 unspecified atom stereocenters. The van der Waals surface area contributed by atoms with Crippen molar-refractivity contribution in [1.29, 1.82) is 0 Å². The Balaban J connectivity index is 1.53. The topological polar surface area (TPSA) is 84.7 Å². The first-order valence-corrected chi connectivity index (χ1v) is 11.8. The Labute approximate surface area is 188 Å². The molecule has 1 saturated carbocycles. The summed E-state index contributed by atoms with van der Waals surface area (Å²) in [5, 5.41) is 15.9. The third-order valence-corrected chi connectivity index (χ3v) is 9.35. The van der Waals surface area contributed by atoms with Crippen LogP contribution in [0.15, 0.2) is 18.2 Å². The van der Waals surface area contributed by atoms with Gasteiger partial charge in [-0.05, 0) is 68.9 Å². The summed E-state index contributed by atoms with van der Waals surface area (Å²) in [6.45, 7) is 9.56. The van der Waals surface area contributed by atoms with Gasteiger partial charge in [0.15, 0.2) is 0 Å². The van der Waals surface area contributed by atoms with E-state index in [0.717, 1.165) is 48.4 Å². The maximum Gasteiger partial charge on any atom is 0.239 e. The van der Waals surface area contributed by atoms with Gasteiger partial charge in [-0.2, -0.15) is 0 Å². The zero-order valence-corrected chi connectivity index (χ0v) is 19.2. The number of hydrogen-bond donors (Lipinski definition) is 1. The summed E-state index contributed by atoms with van der Waals surface area (Å²) >= 11 is 0. The second kappa shape index (κ2) is 5.93. The monoisotopic (exact) mass is 437 g/mol. The van der Waals surface area contributed by atoms with Crippen LogP contribution in [0.25, 0.3) is 6.08 Å². The van der Waals surface area contributed by atoms with Crippen LogP contribution in [0, 0.1) is 21.4 Å². The molecule has 170 valence electrons. The summed E-state index contributed by atoms with van der Waals surface area (Å²) in [5.74, 6) is 0.495. The number of hydrogen-bond acceptors (Lipinski definition) is 5. The smallest absolute Gasteiger partial charge is 0.239 e. The molecule has 1 aromatic carbocycles. The third-order valence-electron chi connectivity index (χ3n) is 9.35. The molecule has 0 bridgehead atoms. The van der Waals surface area contributed by atoms with Crippen molar-refractivity contribution in [2.75, 3.05) is 18.4 Å². The third kappa shape index (κ3) is 2.23. The molecule has 6 rings (SSSR count). The second-order valence-corrected chi connectivity index (χ2v) is 11.6. The van der Waals surface area contributed by atoms with E-state index in [9.17, 15) is 14.9 Å². The maximum atomic E-state index is 13.8. The summed E-state index contributed by atoms with van der Waals surface area (Å²) in [7, 11) is 0. The van der Waals surface area contributed by atoms with Crippen molar-refractivity contribution in [1.82, 2.24) is 4.90 Å². The minimum Gasteiger partial charge on any atom is -0.483 e. The summed E-state index contributed by atoms with van der Waals surface area (Å²) in [6, 6.07) is 4.32. The number of nitrogens with zero attached hydrogens (tertiary/aromatic N) is 2. The van der Waals surface area contributed by atoms with Crippen LogP contribution in [0.4, 0.5) is 5.69 Å². The van der Waals surface area contributed by atoms with Gasteiger partial charge in [0.25, 0.3) is 0 Å². The number of amides is 1. The summed E-state index contributed by atoms with van der Waals surface area (Å²) in [5.41, 5.74) is -0.446. The Morgan fingerprint density at radius 1 is 1.25 bits per heavy atom.